The summed E-state index contributed by atoms with van der Waals surface area (Å²) in [5, 5.41) is 3.70. The number of nitrogens with one attached hydrogen (secondary N) is 1. The van der Waals surface area contributed by atoms with E-state index in [-0.39, 0.29) is 5.91 Å². The van der Waals surface area contributed by atoms with Gasteiger partial charge in [0.15, 0.2) is 5.13 Å². The first kappa shape index (κ1) is 15.7. The minimum atomic E-state index is -0.397. The fourth-order valence-electron chi connectivity index (χ4n) is 3.07. The molecule has 1 aromatic carbocycles. The highest BCUT2D eigenvalue weighted by molar-refractivity contribution is 7.15. The van der Waals surface area contributed by atoms with Gasteiger partial charge in [-0.2, -0.15) is 0 Å². The summed E-state index contributed by atoms with van der Waals surface area (Å²) >= 11 is 1.60. The van der Waals surface area contributed by atoms with E-state index in [0.29, 0.717) is 13.2 Å². The fraction of sp³-hybridized carbons (Fsp3) is 0.444. The van der Waals surface area contributed by atoms with Gasteiger partial charge >= 0.3 is 0 Å². The summed E-state index contributed by atoms with van der Waals surface area (Å²) in [6.07, 6.45) is 0.939. The summed E-state index contributed by atoms with van der Waals surface area (Å²) < 4.78 is 5.16. The predicted molar refractivity (Wildman–Crippen MR) is 93.9 cm³/mol. The number of hydrogen-bond donors (Lipinski definition) is 1. The summed E-state index contributed by atoms with van der Waals surface area (Å²) in [5.41, 5.74) is 2.07. The van der Waals surface area contributed by atoms with Crippen LogP contribution in [0.4, 0.5) is 5.13 Å². The fourth-order valence-corrected chi connectivity index (χ4v) is 4.11. The summed E-state index contributed by atoms with van der Waals surface area (Å²) in [4.78, 5) is 20.6. The number of fused-ring (bicyclic) bond motifs is 1. The van der Waals surface area contributed by atoms with Crippen LogP contribution in [0.1, 0.15) is 23.1 Å². The van der Waals surface area contributed by atoms with E-state index in [1.807, 2.05) is 13.0 Å². The van der Waals surface area contributed by atoms with Gasteiger partial charge in [0.05, 0.1) is 24.3 Å². The normalized spacial score (nSPS) is 19.4. The van der Waals surface area contributed by atoms with E-state index < -0.39 is 5.41 Å². The van der Waals surface area contributed by atoms with Gasteiger partial charge in [-0.25, -0.2) is 4.98 Å². The standard InChI is InChI=1S/C18H21N3O2S/c1-18(11-23-12-18)16(22)20-17-19-14-7-8-21(10-15(14)24-17)9-13-5-3-2-4-6-13/h2-6H,7-12H2,1H3,(H,19,20,22). The molecule has 0 saturated carbocycles. The molecular formula is C18H21N3O2S. The Balaban J connectivity index is 1.41. The van der Waals surface area contributed by atoms with Gasteiger partial charge in [0, 0.05) is 30.9 Å². The van der Waals surface area contributed by atoms with E-state index in [9.17, 15) is 4.79 Å². The Labute approximate surface area is 145 Å². The number of nitrogens with zero attached hydrogens (tertiary/aromatic N) is 2. The smallest absolute Gasteiger partial charge is 0.236 e. The van der Waals surface area contributed by atoms with Crippen molar-refractivity contribution in [3.63, 3.8) is 0 Å². The van der Waals surface area contributed by atoms with Crippen molar-refractivity contribution >= 4 is 22.4 Å². The first-order valence-corrected chi connectivity index (χ1v) is 9.08. The first-order chi connectivity index (χ1) is 11.6. The Kier molecular flexibility index (Phi) is 4.12. The van der Waals surface area contributed by atoms with Crippen molar-refractivity contribution in [2.45, 2.75) is 26.4 Å². The number of anilines is 1. The van der Waals surface area contributed by atoms with E-state index in [1.54, 1.807) is 11.3 Å². The Hall–Kier alpha value is -1.76. The SMILES string of the molecule is CC1(C(=O)Nc2nc3c(s2)CN(Cc2ccccc2)CC3)COC1. The monoisotopic (exact) mass is 343 g/mol. The van der Waals surface area contributed by atoms with Gasteiger partial charge < -0.3 is 10.1 Å². The van der Waals surface area contributed by atoms with Gasteiger partial charge in [0.1, 0.15) is 0 Å². The lowest BCUT2D eigenvalue weighted by Crippen LogP contribution is -2.49. The predicted octanol–water partition coefficient (Wildman–Crippen LogP) is 2.68. The summed E-state index contributed by atoms with van der Waals surface area (Å²) in [5.74, 6) is 0.0148. The molecule has 24 heavy (non-hydrogen) atoms. The summed E-state index contributed by atoms with van der Waals surface area (Å²) in [6, 6.07) is 10.5. The molecule has 0 spiro atoms. The molecule has 0 bridgehead atoms. The molecule has 0 radical (unpaired) electrons. The Morgan fingerprint density at radius 2 is 2.17 bits per heavy atom. The molecule has 1 N–H and O–H groups in total. The number of carbonyl (C=O) groups excluding carboxylic acids is 1. The highest BCUT2D eigenvalue weighted by Gasteiger charge is 2.41. The molecule has 1 amide bonds. The third kappa shape index (κ3) is 3.09. The van der Waals surface area contributed by atoms with Gasteiger partial charge in [-0.1, -0.05) is 30.3 Å². The molecule has 4 rings (SSSR count). The van der Waals surface area contributed by atoms with Gasteiger partial charge in [-0.3, -0.25) is 9.69 Å². The molecular weight excluding hydrogens is 322 g/mol. The van der Waals surface area contributed by atoms with Crippen LogP contribution in [0.25, 0.3) is 0 Å². The van der Waals surface area contributed by atoms with E-state index in [4.69, 9.17) is 4.74 Å². The van der Waals surface area contributed by atoms with Crippen LogP contribution in [0.2, 0.25) is 0 Å². The number of benzene rings is 1. The van der Waals surface area contributed by atoms with Crippen LogP contribution in [0, 0.1) is 5.41 Å². The molecule has 1 aromatic heterocycles. The maximum atomic E-state index is 12.3. The van der Waals surface area contributed by atoms with Gasteiger partial charge in [0.2, 0.25) is 5.91 Å². The quantitative estimate of drug-likeness (QED) is 0.927. The van der Waals surface area contributed by atoms with Crippen molar-refractivity contribution in [3.05, 3.63) is 46.5 Å². The zero-order valence-corrected chi connectivity index (χ0v) is 14.6. The van der Waals surface area contributed by atoms with Crippen molar-refractivity contribution in [2.24, 2.45) is 5.41 Å². The maximum Gasteiger partial charge on any atom is 0.236 e. The lowest BCUT2D eigenvalue weighted by molar-refractivity contribution is -0.151. The van der Waals surface area contributed by atoms with Crippen LogP contribution in [-0.4, -0.2) is 35.5 Å². The highest BCUT2D eigenvalue weighted by atomic mass is 32.1. The van der Waals surface area contributed by atoms with Crippen LogP contribution >= 0.6 is 11.3 Å². The average Bonchev–Trinajstić information content (AvgIpc) is 2.95. The number of carbonyl (C=O) groups is 1. The maximum absolute atomic E-state index is 12.3. The van der Waals surface area contributed by atoms with Gasteiger partial charge in [0.25, 0.3) is 0 Å². The second kappa shape index (κ2) is 6.27. The largest absolute Gasteiger partial charge is 0.379 e. The molecule has 0 atom stereocenters. The molecule has 6 heteroatoms. The molecule has 0 unspecified atom stereocenters. The molecule has 126 valence electrons. The average molecular weight is 343 g/mol. The van der Waals surface area contributed by atoms with Gasteiger partial charge in [-0.05, 0) is 12.5 Å². The molecule has 2 aliphatic rings. The summed E-state index contributed by atoms with van der Waals surface area (Å²) in [7, 11) is 0. The second-order valence-electron chi connectivity index (χ2n) is 6.84. The number of thiazole rings is 1. The third-order valence-corrected chi connectivity index (χ3v) is 5.67. The van der Waals surface area contributed by atoms with Crippen molar-refractivity contribution in [2.75, 3.05) is 25.1 Å². The summed E-state index contributed by atoms with van der Waals surface area (Å²) in [6.45, 7) is 5.78. The molecule has 0 aliphatic carbocycles. The Morgan fingerprint density at radius 1 is 1.38 bits per heavy atom. The highest BCUT2D eigenvalue weighted by Crippen LogP contribution is 2.32. The zero-order valence-electron chi connectivity index (χ0n) is 13.7. The van der Waals surface area contributed by atoms with Crippen molar-refractivity contribution < 1.29 is 9.53 Å². The van der Waals surface area contributed by atoms with Crippen LogP contribution in [-0.2, 0) is 29.0 Å². The minimum absolute atomic E-state index is 0.0148. The number of aromatic nitrogens is 1. The topological polar surface area (TPSA) is 54.5 Å². The van der Waals surface area contributed by atoms with E-state index in [0.717, 1.165) is 36.9 Å². The lowest BCUT2D eigenvalue weighted by Gasteiger charge is -2.35. The van der Waals surface area contributed by atoms with Crippen LogP contribution in [0.5, 0.6) is 0 Å². The number of ether oxygens (including phenoxy) is 1. The van der Waals surface area contributed by atoms with E-state index in [2.05, 4.69) is 39.5 Å². The van der Waals surface area contributed by atoms with Crippen LogP contribution in [0.3, 0.4) is 0 Å². The third-order valence-electron chi connectivity index (χ3n) is 4.67. The van der Waals surface area contributed by atoms with Gasteiger partial charge in [-0.15, -0.1) is 11.3 Å². The van der Waals surface area contributed by atoms with E-state index >= 15 is 0 Å². The molecule has 5 nitrogen and oxygen atoms in total. The lowest BCUT2D eigenvalue weighted by atomic mass is 9.88. The van der Waals surface area contributed by atoms with Crippen LogP contribution < -0.4 is 5.32 Å². The second-order valence-corrected chi connectivity index (χ2v) is 7.93. The molecule has 1 fully saturated rings. The number of amides is 1. The molecule has 3 heterocycles. The zero-order chi connectivity index (χ0) is 16.6. The Morgan fingerprint density at radius 3 is 2.88 bits per heavy atom. The minimum Gasteiger partial charge on any atom is -0.379 e. The molecule has 2 aromatic rings. The molecule has 1 saturated heterocycles. The molecule has 2 aliphatic heterocycles. The van der Waals surface area contributed by atoms with Crippen molar-refractivity contribution in [1.29, 1.82) is 0 Å². The first-order valence-electron chi connectivity index (χ1n) is 8.26. The van der Waals surface area contributed by atoms with Crippen molar-refractivity contribution in [3.8, 4) is 0 Å². The van der Waals surface area contributed by atoms with E-state index in [1.165, 1.54) is 10.4 Å². The number of hydrogen-bond acceptors (Lipinski definition) is 5. The van der Waals surface area contributed by atoms with Crippen LogP contribution in [0.15, 0.2) is 30.3 Å². The number of rotatable bonds is 4. The van der Waals surface area contributed by atoms with Crippen molar-refractivity contribution in [1.82, 2.24) is 9.88 Å². The Bertz CT molecular complexity index is 740.